The second-order valence-electron chi connectivity index (χ2n) is 6.78. The molecular weight excluding hydrogens is 336 g/mol. The normalized spacial score (nSPS) is 20.2. The summed E-state index contributed by atoms with van der Waals surface area (Å²) >= 11 is 0. The number of hydrogen-bond acceptors (Lipinski definition) is 6. The van der Waals surface area contributed by atoms with Crippen LogP contribution in [0.5, 0.6) is 5.88 Å². The van der Waals surface area contributed by atoms with Crippen molar-refractivity contribution in [1.29, 1.82) is 0 Å². The molecule has 0 bridgehead atoms. The number of carbonyl (C=O) groups is 2. The van der Waals surface area contributed by atoms with Gasteiger partial charge in [0, 0.05) is 25.2 Å². The number of fused-ring (bicyclic) bond motifs is 1. The number of carbonyl (C=O) groups excluding carboxylic acids is 2. The lowest BCUT2D eigenvalue weighted by Crippen LogP contribution is -2.44. The van der Waals surface area contributed by atoms with Gasteiger partial charge in [0.2, 0.25) is 11.8 Å². The SMILES string of the molecule is CCN1Cc2nc(OC)c(CNC(=O)CN3CCC[C@H](O)C3)cc2C1=O. The van der Waals surface area contributed by atoms with Crippen LogP contribution in [-0.2, 0) is 17.9 Å². The molecule has 0 aliphatic carbocycles. The van der Waals surface area contributed by atoms with E-state index in [0.717, 1.165) is 19.4 Å². The van der Waals surface area contributed by atoms with Crippen molar-refractivity contribution in [2.24, 2.45) is 0 Å². The number of nitrogens with zero attached hydrogens (tertiary/aromatic N) is 3. The van der Waals surface area contributed by atoms with E-state index >= 15 is 0 Å². The molecule has 0 saturated carbocycles. The van der Waals surface area contributed by atoms with Gasteiger partial charge >= 0.3 is 0 Å². The number of hydrogen-bond donors (Lipinski definition) is 2. The summed E-state index contributed by atoms with van der Waals surface area (Å²) in [5.41, 5.74) is 1.98. The molecule has 8 nitrogen and oxygen atoms in total. The summed E-state index contributed by atoms with van der Waals surface area (Å²) in [7, 11) is 1.53. The minimum atomic E-state index is -0.356. The summed E-state index contributed by atoms with van der Waals surface area (Å²) in [4.78, 5) is 32.7. The Morgan fingerprint density at radius 2 is 2.31 bits per heavy atom. The van der Waals surface area contributed by atoms with Crippen LogP contribution < -0.4 is 10.1 Å². The molecule has 1 fully saturated rings. The molecular formula is C18H26N4O4. The number of likely N-dealkylation sites (tertiary alicyclic amines) is 1. The Balaban J connectivity index is 1.63. The molecule has 2 aliphatic heterocycles. The third kappa shape index (κ3) is 3.96. The number of β-amino-alcohol motifs (C(OH)–C–C–N with tert-alkyl or cyclic N) is 1. The molecule has 3 heterocycles. The van der Waals surface area contributed by atoms with Crippen LogP contribution in [-0.4, -0.2) is 71.1 Å². The topological polar surface area (TPSA) is 95.0 Å². The zero-order chi connectivity index (χ0) is 18.7. The first-order valence-corrected chi connectivity index (χ1v) is 9.05. The maximum Gasteiger partial charge on any atom is 0.256 e. The predicted octanol–water partition coefficient (Wildman–Crippen LogP) is 0.139. The van der Waals surface area contributed by atoms with Crippen LogP contribution in [0.15, 0.2) is 6.07 Å². The molecule has 3 rings (SSSR count). The van der Waals surface area contributed by atoms with Gasteiger partial charge in [-0.1, -0.05) is 0 Å². The first-order valence-electron chi connectivity index (χ1n) is 9.05. The van der Waals surface area contributed by atoms with Gasteiger partial charge < -0.3 is 20.1 Å². The highest BCUT2D eigenvalue weighted by Crippen LogP contribution is 2.26. The van der Waals surface area contributed by atoms with Gasteiger partial charge in [0.15, 0.2) is 0 Å². The summed E-state index contributed by atoms with van der Waals surface area (Å²) in [6.45, 7) is 4.89. The number of rotatable bonds is 6. The summed E-state index contributed by atoms with van der Waals surface area (Å²) in [5.74, 6) is 0.277. The molecule has 0 spiro atoms. The van der Waals surface area contributed by atoms with E-state index < -0.39 is 0 Å². The Kier molecular flexibility index (Phi) is 5.73. The third-order valence-corrected chi connectivity index (χ3v) is 4.90. The maximum absolute atomic E-state index is 12.3. The van der Waals surface area contributed by atoms with Gasteiger partial charge in [-0.2, -0.15) is 0 Å². The average Bonchev–Trinajstić information content (AvgIpc) is 2.94. The van der Waals surface area contributed by atoms with Gasteiger partial charge in [-0.3, -0.25) is 14.5 Å². The summed E-state index contributed by atoms with van der Waals surface area (Å²) in [5, 5.41) is 12.6. The molecule has 142 valence electrons. The fourth-order valence-corrected chi connectivity index (χ4v) is 3.49. The Morgan fingerprint density at radius 3 is 3.00 bits per heavy atom. The maximum atomic E-state index is 12.3. The van der Waals surface area contributed by atoms with Crippen LogP contribution in [0.3, 0.4) is 0 Å². The fourth-order valence-electron chi connectivity index (χ4n) is 3.49. The predicted molar refractivity (Wildman–Crippen MR) is 94.7 cm³/mol. The lowest BCUT2D eigenvalue weighted by atomic mass is 10.1. The number of amides is 2. The van der Waals surface area contributed by atoms with Crippen LogP contribution in [0.2, 0.25) is 0 Å². The number of piperidine rings is 1. The Labute approximate surface area is 153 Å². The van der Waals surface area contributed by atoms with Crippen molar-refractivity contribution in [3.63, 3.8) is 0 Å². The van der Waals surface area contributed by atoms with Gasteiger partial charge in [0.05, 0.1) is 37.6 Å². The highest BCUT2D eigenvalue weighted by Gasteiger charge is 2.29. The molecule has 26 heavy (non-hydrogen) atoms. The van der Waals surface area contributed by atoms with Crippen molar-refractivity contribution in [1.82, 2.24) is 20.1 Å². The van der Waals surface area contributed by atoms with Gasteiger partial charge in [-0.15, -0.1) is 0 Å². The van der Waals surface area contributed by atoms with Crippen LogP contribution >= 0.6 is 0 Å². The van der Waals surface area contributed by atoms with Crippen LogP contribution in [0.25, 0.3) is 0 Å². The zero-order valence-electron chi connectivity index (χ0n) is 15.3. The van der Waals surface area contributed by atoms with E-state index in [9.17, 15) is 14.7 Å². The Bertz CT molecular complexity index is 694. The van der Waals surface area contributed by atoms with Crippen molar-refractivity contribution < 1.29 is 19.4 Å². The molecule has 0 unspecified atom stereocenters. The number of methoxy groups -OCH3 is 1. The minimum Gasteiger partial charge on any atom is -0.481 e. The number of aromatic nitrogens is 1. The van der Waals surface area contributed by atoms with Gasteiger partial charge in [-0.25, -0.2) is 4.98 Å². The van der Waals surface area contributed by atoms with Crippen LogP contribution in [0.4, 0.5) is 0 Å². The third-order valence-electron chi connectivity index (χ3n) is 4.90. The minimum absolute atomic E-state index is 0.0347. The zero-order valence-corrected chi connectivity index (χ0v) is 15.3. The second-order valence-corrected chi connectivity index (χ2v) is 6.78. The van der Waals surface area contributed by atoms with Gasteiger partial charge in [0.25, 0.3) is 5.91 Å². The molecule has 2 amide bonds. The quantitative estimate of drug-likeness (QED) is 0.747. The Morgan fingerprint density at radius 1 is 1.50 bits per heavy atom. The molecule has 8 heteroatoms. The van der Waals surface area contributed by atoms with E-state index in [-0.39, 0.29) is 31.0 Å². The van der Waals surface area contributed by atoms with Crippen molar-refractivity contribution >= 4 is 11.8 Å². The fraction of sp³-hybridized carbons (Fsp3) is 0.611. The Hall–Kier alpha value is -2.19. The molecule has 0 radical (unpaired) electrons. The average molecular weight is 362 g/mol. The molecule has 2 N–H and O–H groups in total. The standard InChI is InChI=1S/C18H26N4O4/c1-3-22-10-15-14(18(22)25)7-12(17(20-15)26-2)8-19-16(24)11-21-6-4-5-13(23)9-21/h7,13,23H,3-6,8-11H2,1-2H3,(H,19,24)/t13-/m0/s1. The summed E-state index contributed by atoms with van der Waals surface area (Å²) < 4.78 is 5.34. The lowest BCUT2D eigenvalue weighted by molar-refractivity contribution is -0.123. The first-order chi connectivity index (χ1) is 12.5. The summed E-state index contributed by atoms with van der Waals surface area (Å²) in [6.07, 6.45) is 1.33. The van der Waals surface area contributed by atoms with E-state index in [0.29, 0.717) is 42.3 Å². The number of aliphatic hydroxyl groups excluding tert-OH is 1. The monoisotopic (exact) mass is 362 g/mol. The van der Waals surface area contributed by atoms with Crippen LogP contribution in [0.1, 0.15) is 41.4 Å². The summed E-state index contributed by atoms with van der Waals surface area (Å²) in [6, 6.07) is 1.77. The second kappa shape index (κ2) is 8.01. The highest BCUT2D eigenvalue weighted by atomic mass is 16.5. The van der Waals surface area contributed by atoms with Crippen molar-refractivity contribution in [3.05, 3.63) is 22.9 Å². The number of ether oxygens (including phenoxy) is 1. The van der Waals surface area contributed by atoms with Gasteiger partial charge in [0.1, 0.15) is 0 Å². The van der Waals surface area contributed by atoms with Crippen molar-refractivity contribution in [3.8, 4) is 5.88 Å². The van der Waals surface area contributed by atoms with Crippen molar-refractivity contribution in [2.45, 2.75) is 39.0 Å². The molecule has 1 aromatic rings. The van der Waals surface area contributed by atoms with E-state index in [1.165, 1.54) is 7.11 Å². The smallest absolute Gasteiger partial charge is 0.256 e. The largest absolute Gasteiger partial charge is 0.481 e. The van der Waals surface area contributed by atoms with Crippen LogP contribution in [0, 0.1) is 0 Å². The molecule has 1 saturated heterocycles. The van der Waals surface area contributed by atoms with E-state index in [4.69, 9.17) is 4.74 Å². The van der Waals surface area contributed by atoms with Gasteiger partial charge in [-0.05, 0) is 32.4 Å². The highest BCUT2D eigenvalue weighted by molar-refractivity contribution is 5.98. The molecule has 2 aliphatic rings. The first kappa shape index (κ1) is 18.6. The molecule has 0 aromatic carbocycles. The van der Waals surface area contributed by atoms with Crippen molar-refractivity contribution in [2.75, 3.05) is 33.3 Å². The number of nitrogens with one attached hydrogen (secondary N) is 1. The lowest BCUT2D eigenvalue weighted by Gasteiger charge is -2.29. The van der Waals surface area contributed by atoms with E-state index in [1.807, 2.05) is 11.8 Å². The van der Waals surface area contributed by atoms with E-state index in [2.05, 4.69) is 10.3 Å². The number of pyridine rings is 1. The number of aliphatic hydroxyl groups is 1. The van der Waals surface area contributed by atoms with E-state index in [1.54, 1.807) is 11.0 Å². The molecule has 1 aromatic heterocycles. The molecule has 1 atom stereocenters.